The van der Waals surface area contributed by atoms with Gasteiger partial charge in [-0.1, -0.05) is 24.3 Å². The van der Waals surface area contributed by atoms with Crippen LogP contribution in [-0.4, -0.2) is 39.3 Å². The summed E-state index contributed by atoms with van der Waals surface area (Å²) in [5.41, 5.74) is 2.27. The highest BCUT2D eigenvalue weighted by Gasteiger charge is 2.18. The average molecular weight is 391 g/mol. The highest BCUT2D eigenvalue weighted by Crippen LogP contribution is 2.23. The maximum atomic E-state index is 12.4. The lowest BCUT2D eigenvalue weighted by Crippen LogP contribution is -2.22. The summed E-state index contributed by atoms with van der Waals surface area (Å²) in [6.07, 6.45) is 0.810. The SMILES string of the molecule is CCOc1ccccc1CCC(=O)Nc1cc(S(=O)(=O)N(C)C)ccc1C. The van der Waals surface area contributed by atoms with Gasteiger partial charge in [0, 0.05) is 26.2 Å². The lowest BCUT2D eigenvalue weighted by Gasteiger charge is -2.15. The average Bonchev–Trinajstić information content (AvgIpc) is 2.62. The van der Waals surface area contributed by atoms with Crippen LogP contribution in [0.1, 0.15) is 24.5 Å². The van der Waals surface area contributed by atoms with E-state index in [1.807, 2.05) is 38.1 Å². The molecule has 0 fully saturated rings. The van der Waals surface area contributed by atoms with Crippen LogP contribution in [-0.2, 0) is 21.2 Å². The first-order valence-corrected chi connectivity index (χ1v) is 10.2. The zero-order valence-electron chi connectivity index (χ0n) is 16.2. The number of benzene rings is 2. The van der Waals surface area contributed by atoms with Gasteiger partial charge in [0.1, 0.15) is 5.75 Å². The van der Waals surface area contributed by atoms with E-state index >= 15 is 0 Å². The molecule has 0 saturated carbocycles. The van der Waals surface area contributed by atoms with Crippen molar-refractivity contribution in [2.75, 3.05) is 26.0 Å². The van der Waals surface area contributed by atoms with Gasteiger partial charge in [-0.05, 0) is 49.6 Å². The van der Waals surface area contributed by atoms with E-state index in [4.69, 9.17) is 4.74 Å². The minimum atomic E-state index is -3.55. The molecule has 2 aromatic rings. The molecular weight excluding hydrogens is 364 g/mol. The van der Waals surface area contributed by atoms with E-state index in [1.165, 1.54) is 20.2 Å². The highest BCUT2D eigenvalue weighted by atomic mass is 32.2. The summed E-state index contributed by atoms with van der Waals surface area (Å²) in [4.78, 5) is 12.5. The van der Waals surface area contributed by atoms with Gasteiger partial charge in [0.05, 0.1) is 11.5 Å². The van der Waals surface area contributed by atoms with Gasteiger partial charge >= 0.3 is 0 Å². The predicted molar refractivity (Wildman–Crippen MR) is 107 cm³/mol. The number of carbonyl (C=O) groups is 1. The molecule has 0 saturated heterocycles. The van der Waals surface area contributed by atoms with Crippen molar-refractivity contribution >= 4 is 21.6 Å². The second-order valence-electron chi connectivity index (χ2n) is 6.35. The van der Waals surface area contributed by atoms with Gasteiger partial charge in [-0.25, -0.2) is 12.7 Å². The minimum absolute atomic E-state index is 0.148. The van der Waals surface area contributed by atoms with E-state index in [1.54, 1.807) is 12.1 Å². The van der Waals surface area contributed by atoms with Crippen molar-refractivity contribution in [3.05, 3.63) is 53.6 Å². The largest absolute Gasteiger partial charge is 0.494 e. The zero-order chi connectivity index (χ0) is 20.0. The molecule has 1 amide bonds. The molecule has 0 aliphatic heterocycles. The molecule has 146 valence electrons. The summed E-state index contributed by atoms with van der Waals surface area (Å²) in [5, 5.41) is 2.82. The number of ether oxygens (including phenoxy) is 1. The van der Waals surface area contributed by atoms with Gasteiger partial charge in [-0.3, -0.25) is 4.79 Å². The maximum Gasteiger partial charge on any atom is 0.242 e. The van der Waals surface area contributed by atoms with E-state index in [2.05, 4.69) is 5.32 Å². The van der Waals surface area contributed by atoms with Crippen LogP contribution in [0.5, 0.6) is 5.75 Å². The van der Waals surface area contributed by atoms with Crippen molar-refractivity contribution in [3.63, 3.8) is 0 Å². The second-order valence-corrected chi connectivity index (χ2v) is 8.50. The van der Waals surface area contributed by atoms with Crippen LogP contribution in [0.2, 0.25) is 0 Å². The summed E-state index contributed by atoms with van der Waals surface area (Å²) in [5.74, 6) is 0.604. The van der Waals surface area contributed by atoms with Crippen LogP contribution in [0.25, 0.3) is 0 Å². The number of rotatable bonds is 8. The van der Waals surface area contributed by atoms with E-state index in [0.29, 0.717) is 18.7 Å². The standard InChI is InChI=1S/C20H26N2O4S/c1-5-26-19-9-7-6-8-16(19)11-13-20(23)21-18-14-17(12-10-15(18)2)27(24,25)22(3)4/h6-10,12,14H,5,11,13H2,1-4H3,(H,21,23). The smallest absolute Gasteiger partial charge is 0.242 e. The van der Waals surface area contributed by atoms with E-state index in [9.17, 15) is 13.2 Å². The summed E-state index contributed by atoms with van der Waals surface area (Å²) >= 11 is 0. The topological polar surface area (TPSA) is 75.7 Å². The molecule has 0 aliphatic rings. The van der Waals surface area contributed by atoms with Crippen molar-refractivity contribution in [1.82, 2.24) is 4.31 Å². The number of para-hydroxylation sites is 1. The summed E-state index contributed by atoms with van der Waals surface area (Å²) in [7, 11) is -0.603. The molecule has 0 heterocycles. The Morgan fingerprint density at radius 1 is 1.15 bits per heavy atom. The van der Waals surface area contributed by atoms with Crippen molar-refractivity contribution < 1.29 is 17.9 Å². The molecule has 0 bridgehead atoms. The Balaban J connectivity index is 2.10. The third-order valence-corrected chi connectivity index (χ3v) is 5.97. The number of hydrogen-bond donors (Lipinski definition) is 1. The molecule has 0 aromatic heterocycles. The quantitative estimate of drug-likeness (QED) is 0.751. The number of nitrogens with zero attached hydrogens (tertiary/aromatic N) is 1. The molecule has 2 rings (SSSR count). The van der Waals surface area contributed by atoms with E-state index in [0.717, 1.165) is 21.2 Å². The molecule has 0 spiro atoms. The molecule has 7 heteroatoms. The Morgan fingerprint density at radius 3 is 2.52 bits per heavy atom. The first-order valence-electron chi connectivity index (χ1n) is 8.79. The van der Waals surface area contributed by atoms with Crippen LogP contribution in [0.3, 0.4) is 0 Å². The molecule has 1 N–H and O–H groups in total. The summed E-state index contributed by atoms with van der Waals surface area (Å²) in [6.45, 7) is 4.31. The lowest BCUT2D eigenvalue weighted by atomic mass is 10.1. The van der Waals surface area contributed by atoms with Crippen molar-refractivity contribution in [1.29, 1.82) is 0 Å². The Hall–Kier alpha value is -2.38. The number of amides is 1. The third-order valence-electron chi connectivity index (χ3n) is 4.16. The number of anilines is 1. The number of hydrogen-bond acceptors (Lipinski definition) is 4. The first-order chi connectivity index (χ1) is 12.8. The monoisotopic (exact) mass is 390 g/mol. The van der Waals surface area contributed by atoms with Gasteiger partial charge in [0.2, 0.25) is 15.9 Å². The Bertz CT molecular complexity index is 908. The second kappa shape index (κ2) is 9.01. The van der Waals surface area contributed by atoms with Crippen LogP contribution in [0.15, 0.2) is 47.4 Å². The van der Waals surface area contributed by atoms with Gasteiger partial charge in [-0.15, -0.1) is 0 Å². The Morgan fingerprint density at radius 2 is 1.85 bits per heavy atom. The molecule has 6 nitrogen and oxygen atoms in total. The fourth-order valence-electron chi connectivity index (χ4n) is 2.57. The molecule has 2 aromatic carbocycles. The fraction of sp³-hybridized carbons (Fsp3) is 0.350. The number of nitrogens with one attached hydrogen (secondary N) is 1. The van der Waals surface area contributed by atoms with E-state index < -0.39 is 10.0 Å². The highest BCUT2D eigenvalue weighted by molar-refractivity contribution is 7.89. The molecular formula is C20H26N2O4S. The van der Waals surface area contributed by atoms with Gasteiger partial charge < -0.3 is 10.1 Å². The molecule has 0 atom stereocenters. The van der Waals surface area contributed by atoms with E-state index in [-0.39, 0.29) is 17.2 Å². The molecule has 0 radical (unpaired) electrons. The van der Waals surface area contributed by atoms with Crippen molar-refractivity contribution in [3.8, 4) is 5.75 Å². The zero-order valence-corrected chi connectivity index (χ0v) is 17.0. The maximum absolute atomic E-state index is 12.4. The van der Waals surface area contributed by atoms with Gasteiger partial charge in [-0.2, -0.15) is 0 Å². The predicted octanol–water partition coefficient (Wildman–Crippen LogP) is 3.22. The van der Waals surface area contributed by atoms with Crippen LogP contribution in [0, 0.1) is 6.92 Å². The Kier molecular flexibility index (Phi) is 6.98. The fourth-order valence-corrected chi connectivity index (χ4v) is 3.50. The van der Waals surface area contributed by atoms with Crippen molar-refractivity contribution in [2.45, 2.75) is 31.6 Å². The third kappa shape index (κ3) is 5.30. The molecule has 27 heavy (non-hydrogen) atoms. The van der Waals surface area contributed by atoms with Crippen LogP contribution in [0.4, 0.5) is 5.69 Å². The summed E-state index contributed by atoms with van der Waals surface area (Å²) < 4.78 is 31.3. The Labute approximate surface area is 161 Å². The van der Waals surface area contributed by atoms with Crippen molar-refractivity contribution in [2.24, 2.45) is 0 Å². The normalized spacial score (nSPS) is 11.4. The minimum Gasteiger partial charge on any atom is -0.494 e. The number of sulfonamides is 1. The van der Waals surface area contributed by atoms with Crippen LogP contribution < -0.4 is 10.1 Å². The number of aryl methyl sites for hydroxylation is 2. The molecule has 0 aliphatic carbocycles. The number of carbonyl (C=O) groups excluding carboxylic acids is 1. The summed E-state index contributed by atoms with van der Waals surface area (Å²) in [6, 6.07) is 12.4. The van der Waals surface area contributed by atoms with Gasteiger partial charge in [0.15, 0.2) is 0 Å². The van der Waals surface area contributed by atoms with Crippen LogP contribution >= 0.6 is 0 Å². The first kappa shape index (κ1) is 20.9. The lowest BCUT2D eigenvalue weighted by molar-refractivity contribution is -0.116. The molecule has 0 unspecified atom stereocenters. The van der Waals surface area contributed by atoms with Gasteiger partial charge in [0.25, 0.3) is 0 Å².